The summed E-state index contributed by atoms with van der Waals surface area (Å²) in [4.78, 5) is 10.8. The van der Waals surface area contributed by atoms with Crippen molar-refractivity contribution in [3.05, 3.63) is 28.8 Å². The smallest absolute Gasteiger partial charge is 0.305 e. The summed E-state index contributed by atoms with van der Waals surface area (Å²) >= 11 is 0. The standard InChI is InChI=1S/C13H17NO3/c1-8-9-5-6-14-11(7-13(15)16)10(9)3-4-12(8)17-2/h3-4,11,14H,5-7H2,1-2H3,(H,15,16). The fourth-order valence-corrected chi connectivity index (χ4v) is 2.47. The Balaban J connectivity index is 2.39. The molecule has 0 bridgehead atoms. The summed E-state index contributed by atoms with van der Waals surface area (Å²) in [5.74, 6) is 0.101. The summed E-state index contributed by atoms with van der Waals surface area (Å²) in [5.41, 5.74) is 3.45. The first-order chi connectivity index (χ1) is 8.13. The fourth-order valence-electron chi connectivity index (χ4n) is 2.47. The third kappa shape index (κ3) is 2.26. The Morgan fingerprint density at radius 3 is 3.00 bits per heavy atom. The molecule has 1 aromatic carbocycles. The third-order valence-corrected chi connectivity index (χ3v) is 3.32. The van der Waals surface area contributed by atoms with E-state index in [-0.39, 0.29) is 12.5 Å². The fraction of sp³-hybridized carbons (Fsp3) is 0.462. The van der Waals surface area contributed by atoms with Gasteiger partial charge in [0.1, 0.15) is 5.75 Å². The molecule has 17 heavy (non-hydrogen) atoms. The lowest BCUT2D eigenvalue weighted by Crippen LogP contribution is -2.31. The van der Waals surface area contributed by atoms with Crippen LogP contribution in [-0.4, -0.2) is 24.7 Å². The molecule has 0 aliphatic carbocycles. The number of benzene rings is 1. The first-order valence-corrected chi connectivity index (χ1v) is 5.75. The van der Waals surface area contributed by atoms with Gasteiger partial charge >= 0.3 is 5.97 Å². The number of rotatable bonds is 3. The second-order valence-corrected chi connectivity index (χ2v) is 4.32. The van der Waals surface area contributed by atoms with E-state index in [1.807, 2.05) is 19.1 Å². The predicted molar refractivity (Wildman–Crippen MR) is 64.4 cm³/mol. The number of hydrogen-bond acceptors (Lipinski definition) is 3. The maximum Gasteiger partial charge on any atom is 0.305 e. The number of ether oxygens (including phenoxy) is 1. The highest BCUT2D eigenvalue weighted by Gasteiger charge is 2.24. The van der Waals surface area contributed by atoms with E-state index in [2.05, 4.69) is 5.32 Å². The van der Waals surface area contributed by atoms with E-state index < -0.39 is 5.97 Å². The predicted octanol–water partition coefficient (Wildman–Crippen LogP) is 1.67. The molecule has 2 N–H and O–H groups in total. The van der Waals surface area contributed by atoms with Gasteiger partial charge in [0.15, 0.2) is 0 Å². The Hall–Kier alpha value is -1.55. The van der Waals surface area contributed by atoms with Gasteiger partial charge in [0.2, 0.25) is 0 Å². The van der Waals surface area contributed by atoms with Crippen molar-refractivity contribution in [2.75, 3.05) is 13.7 Å². The quantitative estimate of drug-likeness (QED) is 0.836. The molecular formula is C13H17NO3. The number of fused-ring (bicyclic) bond motifs is 1. The molecule has 4 heteroatoms. The van der Waals surface area contributed by atoms with E-state index in [1.54, 1.807) is 7.11 Å². The molecule has 1 aliphatic heterocycles. The molecule has 0 amide bonds. The lowest BCUT2D eigenvalue weighted by molar-refractivity contribution is -0.137. The number of aliphatic carboxylic acids is 1. The van der Waals surface area contributed by atoms with Crippen LogP contribution in [0.25, 0.3) is 0 Å². The molecule has 1 heterocycles. The van der Waals surface area contributed by atoms with E-state index in [4.69, 9.17) is 9.84 Å². The Bertz CT molecular complexity index is 443. The highest BCUT2D eigenvalue weighted by molar-refractivity contribution is 5.68. The SMILES string of the molecule is COc1ccc2c(c1C)CCNC2CC(=O)O. The van der Waals surface area contributed by atoms with Gasteiger partial charge in [-0.2, -0.15) is 0 Å². The van der Waals surface area contributed by atoms with Gasteiger partial charge in [0.05, 0.1) is 13.5 Å². The highest BCUT2D eigenvalue weighted by atomic mass is 16.5. The highest BCUT2D eigenvalue weighted by Crippen LogP contribution is 2.32. The maximum absolute atomic E-state index is 10.8. The van der Waals surface area contributed by atoms with Crippen LogP contribution in [0.3, 0.4) is 0 Å². The first-order valence-electron chi connectivity index (χ1n) is 5.75. The van der Waals surface area contributed by atoms with Crippen LogP contribution >= 0.6 is 0 Å². The first kappa shape index (κ1) is 11.9. The number of carboxylic acids is 1. The number of hydrogen-bond donors (Lipinski definition) is 2. The second kappa shape index (κ2) is 4.75. The van der Waals surface area contributed by atoms with E-state index in [1.165, 1.54) is 5.56 Å². The summed E-state index contributed by atoms with van der Waals surface area (Å²) < 4.78 is 5.29. The van der Waals surface area contributed by atoms with E-state index in [0.717, 1.165) is 29.8 Å². The molecule has 0 aromatic heterocycles. The van der Waals surface area contributed by atoms with Gasteiger partial charge in [-0.3, -0.25) is 4.79 Å². The van der Waals surface area contributed by atoms with Crippen LogP contribution in [0, 0.1) is 6.92 Å². The third-order valence-electron chi connectivity index (χ3n) is 3.32. The number of carboxylic acid groups (broad SMARTS) is 1. The van der Waals surface area contributed by atoms with Crippen LogP contribution in [0.1, 0.15) is 29.2 Å². The van der Waals surface area contributed by atoms with Crippen molar-refractivity contribution in [2.45, 2.75) is 25.8 Å². The van der Waals surface area contributed by atoms with Gasteiger partial charge in [0, 0.05) is 6.04 Å². The van der Waals surface area contributed by atoms with Gasteiger partial charge in [-0.15, -0.1) is 0 Å². The van der Waals surface area contributed by atoms with Crippen molar-refractivity contribution < 1.29 is 14.6 Å². The summed E-state index contributed by atoms with van der Waals surface area (Å²) in [7, 11) is 1.66. The van der Waals surface area contributed by atoms with Crippen LogP contribution in [0.15, 0.2) is 12.1 Å². The average molecular weight is 235 g/mol. The van der Waals surface area contributed by atoms with Gasteiger partial charge in [-0.05, 0) is 42.6 Å². The normalized spacial score (nSPS) is 18.6. The zero-order valence-electron chi connectivity index (χ0n) is 10.1. The summed E-state index contributed by atoms with van der Waals surface area (Å²) in [6, 6.07) is 3.80. The van der Waals surface area contributed by atoms with Crippen LogP contribution in [0.4, 0.5) is 0 Å². The molecule has 0 saturated heterocycles. The lowest BCUT2D eigenvalue weighted by Gasteiger charge is -2.28. The zero-order valence-corrected chi connectivity index (χ0v) is 10.1. The molecule has 92 valence electrons. The Morgan fingerprint density at radius 2 is 2.35 bits per heavy atom. The Labute approximate surface area is 101 Å². The molecule has 4 nitrogen and oxygen atoms in total. The van der Waals surface area contributed by atoms with Gasteiger partial charge in [0.25, 0.3) is 0 Å². The number of methoxy groups -OCH3 is 1. The molecule has 1 aliphatic rings. The monoisotopic (exact) mass is 235 g/mol. The van der Waals surface area contributed by atoms with E-state index in [0.29, 0.717) is 0 Å². The van der Waals surface area contributed by atoms with Crippen molar-refractivity contribution in [1.29, 1.82) is 0 Å². The molecule has 0 radical (unpaired) electrons. The largest absolute Gasteiger partial charge is 0.496 e. The molecule has 0 saturated carbocycles. The van der Waals surface area contributed by atoms with Gasteiger partial charge in [-0.1, -0.05) is 6.07 Å². The minimum atomic E-state index is -0.774. The van der Waals surface area contributed by atoms with Crippen molar-refractivity contribution in [2.24, 2.45) is 0 Å². The molecule has 0 spiro atoms. The Morgan fingerprint density at radius 1 is 1.59 bits per heavy atom. The van der Waals surface area contributed by atoms with Crippen LogP contribution in [-0.2, 0) is 11.2 Å². The summed E-state index contributed by atoms with van der Waals surface area (Å²) in [6.07, 6.45) is 1.05. The van der Waals surface area contributed by atoms with Crippen molar-refractivity contribution in [3.8, 4) is 5.75 Å². The zero-order chi connectivity index (χ0) is 12.4. The topological polar surface area (TPSA) is 58.6 Å². The lowest BCUT2D eigenvalue weighted by atomic mass is 9.89. The van der Waals surface area contributed by atoms with Gasteiger partial charge < -0.3 is 15.2 Å². The van der Waals surface area contributed by atoms with Crippen molar-refractivity contribution >= 4 is 5.97 Å². The van der Waals surface area contributed by atoms with Crippen molar-refractivity contribution in [3.63, 3.8) is 0 Å². The minimum absolute atomic E-state index is 0.0825. The number of nitrogens with one attached hydrogen (secondary N) is 1. The molecule has 0 fully saturated rings. The summed E-state index contributed by atoms with van der Waals surface area (Å²) in [6.45, 7) is 2.85. The van der Waals surface area contributed by atoms with Crippen LogP contribution < -0.4 is 10.1 Å². The molecular weight excluding hydrogens is 218 g/mol. The molecule has 1 aromatic rings. The van der Waals surface area contributed by atoms with Crippen LogP contribution in [0.2, 0.25) is 0 Å². The van der Waals surface area contributed by atoms with Gasteiger partial charge in [-0.25, -0.2) is 0 Å². The number of carbonyl (C=O) groups is 1. The maximum atomic E-state index is 10.8. The summed E-state index contributed by atoms with van der Waals surface area (Å²) in [5, 5.41) is 12.1. The molecule has 2 rings (SSSR count). The van der Waals surface area contributed by atoms with E-state index >= 15 is 0 Å². The molecule has 1 atom stereocenters. The minimum Gasteiger partial charge on any atom is -0.496 e. The second-order valence-electron chi connectivity index (χ2n) is 4.32. The Kier molecular flexibility index (Phi) is 3.33. The average Bonchev–Trinajstić information content (AvgIpc) is 2.30. The molecule has 1 unspecified atom stereocenters. The van der Waals surface area contributed by atoms with Crippen LogP contribution in [0.5, 0.6) is 5.75 Å². The van der Waals surface area contributed by atoms with E-state index in [9.17, 15) is 4.79 Å². The van der Waals surface area contributed by atoms with Crippen molar-refractivity contribution in [1.82, 2.24) is 5.32 Å².